The lowest BCUT2D eigenvalue weighted by Crippen LogP contribution is -2.24. The molecule has 2 aromatic rings. The van der Waals surface area contributed by atoms with Crippen LogP contribution in [0.15, 0.2) is 24.4 Å². The molecule has 0 amide bonds. The zero-order valence-electron chi connectivity index (χ0n) is 16.3. The third kappa shape index (κ3) is 3.92. The molecular formula is C21H25ClN4O2. The third-order valence-electron chi connectivity index (χ3n) is 5.65. The summed E-state index contributed by atoms with van der Waals surface area (Å²) < 4.78 is 5.17. The van der Waals surface area contributed by atoms with Gasteiger partial charge in [-0.2, -0.15) is 4.98 Å². The topological polar surface area (TPSA) is 67.3 Å². The molecule has 1 aromatic carbocycles. The van der Waals surface area contributed by atoms with Crippen LogP contribution in [0, 0.1) is 12.3 Å². The summed E-state index contributed by atoms with van der Waals surface area (Å²) in [7, 11) is 0. The quantitative estimate of drug-likeness (QED) is 0.732. The number of nitrogens with zero attached hydrogens (tertiary/aromatic N) is 3. The molecule has 7 heteroatoms. The minimum absolute atomic E-state index is 0.308. The molecule has 148 valence electrons. The Morgan fingerprint density at radius 3 is 2.86 bits per heavy atom. The number of nitrogens with one attached hydrogen (secondary N) is 1. The Hall–Kier alpha value is -2.34. The molecule has 1 aliphatic heterocycles. The van der Waals surface area contributed by atoms with Gasteiger partial charge in [-0.05, 0) is 55.7 Å². The van der Waals surface area contributed by atoms with E-state index in [0.29, 0.717) is 35.9 Å². The van der Waals surface area contributed by atoms with Gasteiger partial charge in [0.1, 0.15) is 11.4 Å². The van der Waals surface area contributed by atoms with Gasteiger partial charge in [0, 0.05) is 30.9 Å². The monoisotopic (exact) mass is 400 g/mol. The van der Waals surface area contributed by atoms with Gasteiger partial charge in [-0.25, -0.2) is 9.78 Å². The highest BCUT2D eigenvalue weighted by atomic mass is 35.5. The standard InChI is InChI=1S/C21H25ClN4O2/c1-3-28-19(27)16-12-24-20(26-9-8-21(13-26)6-7-21)25-18(16)23-11-15-5-4-14(2)17(22)10-15/h4-5,10,12H,3,6-9,11,13H2,1-2H3,(H,23,24,25). The first-order valence-electron chi connectivity index (χ1n) is 9.78. The molecule has 1 saturated heterocycles. The van der Waals surface area contributed by atoms with E-state index < -0.39 is 5.97 Å². The second-order valence-electron chi connectivity index (χ2n) is 7.76. The molecule has 2 heterocycles. The molecule has 0 unspecified atom stereocenters. The van der Waals surface area contributed by atoms with E-state index >= 15 is 0 Å². The summed E-state index contributed by atoms with van der Waals surface area (Å²) in [5, 5.41) is 4.00. The number of hydrogen-bond acceptors (Lipinski definition) is 6. The van der Waals surface area contributed by atoms with Crippen LogP contribution in [0.5, 0.6) is 0 Å². The number of hydrogen-bond donors (Lipinski definition) is 1. The molecule has 4 rings (SSSR count). The maximum atomic E-state index is 12.3. The third-order valence-corrected chi connectivity index (χ3v) is 6.05. The summed E-state index contributed by atoms with van der Waals surface area (Å²) in [6.07, 6.45) is 5.36. The number of carbonyl (C=O) groups is 1. The number of anilines is 2. The van der Waals surface area contributed by atoms with Crippen molar-refractivity contribution >= 4 is 29.3 Å². The van der Waals surface area contributed by atoms with E-state index in [1.807, 2.05) is 25.1 Å². The van der Waals surface area contributed by atoms with Crippen molar-refractivity contribution in [3.8, 4) is 0 Å². The summed E-state index contributed by atoms with van der Waals surface area (Å²) in [5.74, 6) is 0.747. The molecule has 1 aliphatic carbocycles. The highest BCUT2D eigenvalue weighted by molar-refractivity contribution is 6.31. The molecule has 6 nitrogen and oxygen atoms in total. The summed E-state index contributed by atoms with van der Waals surface area (Å²) >= 11 is 6.23. The lowest BCUT2D eigenvalue weighted by atomic mass is 10.1. The predicted molar refractivity (Wildman–Crippen MR) is 110 cm³/mol. The molecule has 1 aromatic heterocycles. The predicted octanol–water partition coefficient (Wildman–Crippen LogP) is 4.22. The van der Waals surface area contributed by atoms with Crippen molar-refractivity contribution in [2.45, 2.75) is 39.7 Å². The van der Waals surface area contributed by atoms with Crippen LogP contribution in [0.25, 0.3) is 0 Å². The van der Waals surface area contributed by atoms with Crippen molar-refractivity contribution in [1.29, 1.82) is 0 Å². The average molecular weight is 401 g/mol. The molecule has 0 atom stereocenters. The Labute approximate surface area is 170 Å². The highest BCUT2D eigenvalue weighted by Crippen LogP contribution is 2.53. The Morgan fingerprint density at radius 1 is 1.36 bits per heavy atom. The van der Waals surface area contributed by atoms with Gasteiger partial charge in [-0.15, -0.1) is 0 Å². The summed E-state index contributed by atoms with van der Waals surface area (Å²) in [6, 6.07) is 5.92. The Kier molecular flexibility index (Phi) is 5.15. The van der Waals surface area contributed by atoms with Gasteiger partial charge in [-0.1, -0.05) is 23.7 Å². The molecule has 1 spiro atoms. The SMILES string of the molecule is CCOC(=O)c1cnc(N2CCC3(CC3)C2)nc1NCc1ccc(C)c(Cl)c1. The van der Waals surface area contributed by atoms with E-state index in [4.69, 9.17) is 16.3 Å². The van der Waals surface area contributed by atoms with Crippen molar-refractivity contribution in [3.05, 3.63) is 46.1 Å². The molecule has 2 fully saturated rings. The molecule has 0 radical (unpaired) electrons. The zero-order chi connectivity index (χ0) is 19.7. The smallest absolute Gasteiger partial charge is 0.343 e. The Morgan fingerprint density at radius 2 is 2.18 bits per heavy atom. The Balaban J connectivity index is 1.56. The van der Waals surface area contributed by atoms with Crippen LogP contribution in [-0.2, 0) is 11.3 Å². The second-order valence-corrected chi connectivity index (χ2v) is 8.17. The van der Waals surface area contributed by atoms with Crippen LogP contribution in [0.1, 0.15) is 47.7 Å². The fourth-order valence-electron chi connectivity index (χ4n) is 3.64. The number of esters is 1. The molecule has 28 heavy (non-hydrogen) atoms. The normalized spacial score (nSPS) is 17.0. The number of aromatic nitrogens is 2. The lowest BCUT2D eigenvalue weighted by Gasteiger charge is -2.18. The maximum absolute atomic E-state index is 12.3. The number of carbonyl (C=O) groups excluding carboxylic acids is 1. The number of rotatable bonds is 6. The first kappa shape index (κ1) is 19.0. The lowest BCUT2D eigenvalue weighted by molar-refractivity contribution is 0.0526. The highest BCUT2D eigenvalue weighted by Gasteiger charge is 2.48. The number of aryl methyl sites for hydroxylation is 1. The van der Waals surface area contributed by atoms with Gasteiger partial charge < -0.3 is 15.0 Å². The number of benzene rings is 1. The molecule has 2 aliphatic rings. The molecule has 1 N–H and O–H groups in total. The van der Waals surface area contributed by atoms with E-state index in [1.165, 1.54) is 19.3 Å². The van der Waals surface area contributed by atoms with Crippen LogP contribution >= 0.6 is 11.6 Å². The van der Waals surface area contributed by atoms with Crippen molar-refractivity contribution in [2.24, 2.45) is 5.41 Å². The molecular weight excluding hydrogens is 376 g/mol. The van der Waals surface area contributed by atoms with Gasteiger partial charge in [0.2, 0.25) is 5.95 Å². The minimum Gasteiger partial charge on any atom is -0.462 e. The van der Waals surface area contributed by atoms with Crippen LogP contribution < -0.4 is 10.2 Å². The van der Waals surface area contributed by atoms with Crippen molar-refractivity contribution in [1.82, 2.24) is 9.97 Å². The van der Waals surface area contributed by atoms with Gasteiger partial charge in [0.15, 0.2) is 0 Å². The van der Waals surface area contributed by atoms with Gasteiger partial charge in [0.05, 0.1) is 6.61 Å². The van der Waals surface area contributed by atoms with Crippen molar-refractivity contribution < 1.29 is 9.53 Å². The summed E-state index contributed by atoms with van der Waals surface area (Å²) in [5.41, 5.74) is 2.88. The molecule has 0 bridgehead atoms. The van der Waals surface area contributed by atoms with Crippen LogP contribution in [-0.4, -0.2) is 35.6 Å². The zero-order valence-corrected chi connectivity index (χ0v) is 17.1. The van der Waals surface area contributed by atoms with E-state index in [0.717, 1.165) is 29.2 Å². The Bertz CT molecular complexity index is 898. The first-order valence-corrected chi connectivity index (χ1v) is 10.2. The van der Waals surface area contributed by atoms with Gasteiger partial charge in [-0.3, -0.25) is 0 Å². The van der Waals surface area contributed by atoms with E-state index in [2.05, 4.69) is 20.2 Å². The van der Waals surface area contributed by atoms with Crippen LogP contribution in [0.4, 0.5) is 11.8 Å². The molecule has 1 saturated carbocycles. The van der Waals surface area contributed by atoms with E-state index in [9.17, 15) is 4.79 Å². The van der Waals surface area contributed by atoms with Gasteiger partial charge in [0.25, 0.3) is 0 Å². The maximum Gasteiger partial charge on any atom is 0.343 e. The fourth-order valence-corrected chi connectivity index (χ4v) is 3.84. The average Bonchev–Trinajstić information content (AvgIpc) is 3.31. The number of halogens is 1. The summed E-state index contributed by atoms with van der Waals surface area (Å²) in [6.45, 7) is 6.53. The second kappa shape index (κ2) is 7.59. The van der Waals surface area contributed by atoms with E-state index in [1.54, 1.807) is 13.1 Å². The summed E-state index contributed by atoms with van der Waals surface area (Å²) in [4.78, 5) is 23.7. The van der Waals surface area contributed by atoms with Gasteiger partial charge >= 0.3 is 5.97 Å². The number of ether oxygens (including phenoxy) is 1. The van der Waals surface area contributed by atoms with Crippen molar-refractivity contribution in [2.75, 3.05) is 29.9 Å². The van der Waals surface area contributed by atoms with E-state index in [-0.39, 0.29) is 0 Å². The fraction of sp³-hybridized carbons (Fsp3) is 0.476. The largest absolute Gasteiger partial charge is 0.462 e. The van der Waals surface area contributed by atoms with Crippen molar-refractivity contribution in [3.63, 3.8) is 0 Å². The van der Waals surface area contributed by atoms with Crippen LogP contribution in [0.2, 0.25) is 5.02 Å². The van der Waals surface area contributed by atoms with Crippen LogP contribution in [0.3, 0.4) is 0 Å². The first-order chi connectivity index (χ1) is 13.5. The minimum atomic E-state index is -0.418.